The summed E-state index contributed by atoms with van der Waals surface area (Å²) in [5, 5.41) is 7.82. The number of rotatable bonds is 7. The van der Waals surface area contributed by atoms with E-state index in [-0.39, 0.29) is 11.5 Å². The number of hydrogen-bond acceptors (Lipinski definition) is 5. The minimum Gasteiger partial charge on any atom is -0.380 e. The fourth-order valence-corrected chi connectivity index (χ4v) is 2.65. The van der Waals surface area contributed by atoms with Crippen molar-refractivity contribution in [1.29, 1.82) is 0 Å². The Balaban J connectivity index is 2.86. The molecule has 0 amide bonds. The van der Waals surface area contributed by atoms with Gasteiger partial charge in [0, 0.05) is 12.0 Å². The first-order valence-electron chi connectivity index (χ1n) is 6.64. The summed E-state index contributed by atoms with van der Waals surface area (Å²) in [5.41, 5.74) is 1.11. The van der Waals surface area contributed by atoms with Gasteiger partial charge in [-0.25, -0.2) is 0 Å². The minimum atomic E-state index is 0.0285. The second-order valence-corrected chi connectivity index (χ2v) is 6.19. The molecule has 1 rings (SSSR count). The van der Waals surface area contributed by atoms with Gasteiger partial charge in [-0.1, -0.05) is 32.2 Å². The van der Waals surface area contributed by atoms with Crippen LogP contribution in [0.2, 0.25) is 0 Å². The predicted octanol–water partition coefficient (Wildman–Crippen LogP) is 2.91. The van der Waals surface area contributed by atoms with Gasteiger partial charge < -0.3 is 10.1 Å². The van der Waals surface area contributed by atoms with Crippen LogP contribution in [-0.2, 0) is 10.2 Å². The summed E-state index contributed by atoms with van der Waals surface area (Å²) in [6, 6.07) is 0.208. The SMILES string of the molecule is CCCNC(COCC)c1snnc1C(C)(C)C. The summed E-state index contributed by atoms with van der Waals surface area (Å²) in [6.45, 7) is 13.1. The molecule has 104 valence electrons. The van der Waals surface area contributed by atoms with E-state index >= 15 is 0 Å². The maximum absolute atomic E-state index is 5.57. The molecule has 0 fully saturated rings. The lowest BCUT2D eigenvalue weighted by atomic mass is 9.90. The van der Waals surface area contributed by atoms with Crippen LogP contribution in [0.15, 0.2) is 0 Å². The first kappa shape index (κ1) is 15.5. The van der Waals surface area contributed by atoms with Crippen LogP contribution in [-0.4, -0.2) is 29.3 Å². The van der Waals surface area contributed by atoms with Crippen LogP contribution in [0, 0.1) is 0 Å². The summed E-state index contributed by atoms with van der Waals surface area (Å²) in [6.07, 6.45) is 1.11. The molecule has 5 heteroatoms. The van der Waals surface area contributed by atoms with Crippen molar-refractivity contribution in [1.82, 2.24) is 14.9 Å². The number of ether oxygens (including phenoxy) is 1. The largest absolute Gasteiger partial charge is 0.380 e. The molecule has 0 aromatic carbocycles. The van der Waals surface area contributed by atoms with Gasteiger partial charge in [-0.3, -0.25) is 0 Å². The smallest absolute Gasteiger partial charge is 0.0857 e. The Hall–Kier alpha value is -0.520. The van der Waals surface area contributed by atoms with Gasteiger partial charge in [0.25, 0.3) is 0 Å². The van der Waals surface area contributed by atoms with Crippen molar-refractivity contribution in [2.24, 2.45) is 0 Å². The molecular formula is C13H25N3OS. The van der Waals surface area contributed by atoms with Crippen molar-refractivity contribution in [3.05, 3.63) is 10.6 Å². The minimum absolute atomic E-state index is 0.0285. The molecule has 0 aliphatic rings. The second-order valence-electron chi connectivity index (χ2n) is 5.40. The monoisotopic (exact) mass is 271 g/mol. The summed E-state index contributed by atoms with van der Waals surface area (Å²) < 4.78 is 9.69. The number of nitrogens with zero attached hydrogens (tertiary/aromatic N) is 2. The first-order chi connectivity index (χ1) is 8.50. The Labute approximate surface area is 114 Å². The van der Waals surface area contributed by atoms with Crippen molar-refractivity contribution in [2.75, 3.05) is 19.8 Å². The summed E-state index contributed by atoms with van der Waals surface area (Å²) in [4.78, 5) is 1.21. The summed E-state index contributed by atoms with van der Waals surface area (Å²) in [5.74, 6) is 0. The highest BCUT2D eigenvalue weighted by Gasteiger charge is 2.27. The summed E-state index contributed by atoms with van der Waals surface area (Å²) >= 11 is 1.48. The van der Waals surface area contributed by atoms with E-state index in [1.807, 2.05) is 6.92 Å². The molecule has 0 saturated carbocycles. The van der Waals surface area contributed by atoms with Crippen molar-refractivity contribution < 1.29 is 4.74 Å². The zero-order chi connectivity index (χ0) is 13.6. The molecule has 1 N–H and O–H groups in total. The highest BCUT2D eigenvalue weighted by molar-refractivity contribution is 7.05. The normalized spacial score (nSPS) is 13.8. The third kappa shape index (κ3) is 4.30. The van der Waals surface area contributed by atoms with Crippen molar-refractivity contribution in [2.45, 2.75) is 52.5 Å². The van der Waals surface area contributed by atoms with Crippen LogP contribution in [0.5, 0.6) is 0 Å². The zero-order valence-electron chi connectivity index (χ0n) is 12.1. The van der Waals surface area contributed by atoms with E-state index in [9.17, 15) is 0 Å². The quantitative estimate of drug-likeness (QED) is 0.828. The Morgan fingerprint density at radius 3 is 2.61 bits per heavy atom. The van der Waals surface area contributed by atoms with E-state index in [4.69, 9.17) is 4.74 Å². The van der Waals surface area contributed by atoms with Crippen molar-refractivity contribution >= 4 is 11.5 Å². The van der Waals surface area contributed by atoms with E-state index in [0.717, 1.165) is 25.3 Å². The third-order valence-corrected chi connectivity index (χ3v) is 3.51. The number of nitrogens with one attached hydrogen (secondary N) is 1. The van der Waals surface area contributed by atoms with E-state index in [2.05, 4.69) is 42.6 Å². The van der Waals surface area contributed by atoms with Crippen LogP contribution >= 0.6 is 11.5 Å². The molecule has 0 bridgehead atoms. The van der Waals surface area contributed by atoms with Gasteiger partial charge >= 0.3 is 0 Å². The van der Waals surface area contributed by atoms with Gasteiger partial charge in [-0.05, 0) is 31.4 Å². The Bertz CT molecular complexity index is 338. The molecule has 1 unspecified atom stereocenters. The predicted molar refractivity (Wildman–Crippen MR) is 76.1 cm³/mol. The molecule has 1 aromatic heterocycles. The van der Waals surface area contributed by atoms with Gasteiger partial charge in [-0.2, -0.15) is 0 Å². The molecule has 1 heterocycles. The molecule has 0 radical (unpaired) electrons. The topological polar surface area (TPSA) is 47.0 Å². The Kier molecular flexibility index (Phi) is 6.18. The highest BCUT2D eigenvalue weighted by Crippen LogP contribution is 2.30. The lowest BCUT2D eigenvalue weighted by molar-refractivity contribution is 0.123. The van der Waals surface area contributed by atoms with Crippen LogP contribution in [0.1, 0.15) is 57.7 Å². The average molecular weight is 271 g/mol. The Morgan fingerprint density at radius 1 is 1.33 bits per heavy atom. The van der Waals surface area contributed by atoms with E-state index in [1.54, 1.807) is 0 Å². The van der Waals surface area contributed by atoms with Gasteiger partial charge in [0.1, 0.15) is 0 Å². The Morgan fingerprint density at radius 2 is 2.06 bits per heavy atom. The van der Waals surface area contributed by atoms with Gasteiger partial charge in [0.05, 0.1) is 23.2 Å². The molecule has 1 aromatic rings. The fourth-order valence-electron chi connectivity index (χ4n) is 1.73. The van der Waals surface area contributed by atoms with Crippen LogP contribution in [0.25, 0.3) is 0 Å². The third-order valence-electron chi connectivity index (χ3n) is 2.67. The summed E-state index contributed by atoms with van der Waals surface area (Å²) in [7, 11) is 0. The maximum atomic E-state index is 5.57. The molecule has 1 atom stereocenters. The van der Waals surface area contributed by atoms with Gasteiger partial charge in [-0.15, -0.1) is 5.10 Å². The highest BCUT2D eigenvalue weighted by atomic mass is 32.1. The van der Waals surface area contributed by atoms with E-state index in [0.29, 0.717) is 6.61 Å². The van der Waals surface area contributed by atoms with Crippen LogP contribution < -0.4 is 5.32 Å². The van der Waals surface area contributed by atoms with Crippen LogP contribution in [0.4, 0.5) is 0 Å². The molecule has 4 nitrogen and oxygen atoms in total. The van der Waals surface area contributed by atoms with Gasteiger partial charge in [0.15, 0.2) is 0 Å². The van der Waals surface area contributed by atoms with Gasteiger partial charge in [0.2, 0.25) is 0 Å². The average Bonchev–Trinajstić information content (AvgIpc) is 2.78. The maximum Gasteiger partial charge on any atom is 0.0857 e. The number of hydrogen-bond donors (Lipinski definition) is 1. The standard InChI is InChI=1S/C13H25N3OS/c1-6-8-14-10(9-17-7-2)11-12(13(3,4)5)15-16-18-11/h10,14H,6-9H2,1-5H3. The first-order valence-corrected chi connectivity index (χ1v) is 7.41. The van der Waals surface area contributed by atoms with Crippen molar-refractivity contribution in [3.63, 3.8) is 0 Å². The van der Waals surface area contributed by atoms with Crippen molar-refractivity contribution in [3.8, 4) is 0 Å². The fraction of sp³-hybridized carbons (Fsp3) is 0.846. The molecule has 0 aliphatic heterocycles. The molecular weight excluding hydrogens is 246 g/mol. The number of aromatic nitrogens is 2. The van der Waals surface area contributed by atoms with Crippen LogP contribution in [0.3, 0.4) is 0 Å². The lowest BCUT2D eigenvalue weighted by Gasteiger charge is -2.22. The lowest BCUT2D eigenvalue weighted by Crippen LogP contribution is -2.28. The second kappa shape index (κ2) is 7.16. The molecule has 18 heavy (non-hydrogen) atoms. The van der Waals surface area contributed by atoms with E-state index < -0.39 is 0 Å². The molecule has 0 aliphatic carbocycles. The molecule has 0 spiro atoms. The zero-order valence-corrected chi connectivity index (χ0v) is 12.9. The van der Waals surface area contributed by atoms with E-state index in [1.165, 1.54) is 16.4 Å². The molecule has 0 saturated heterocycles.